The molecule has 0 fully saturated rings. The van der Waals surface area contributed by atoms with Crippen molar-refractivity contribution in [2.45, 2.75) is 31.2 Å². The van der Waals surface area contributed by atoms with Crippen LogP contribution in [-0.4, -0.2) is 20.9 Å². The first-order valence-electron chi connectivity index (χ1n) is 7.89. The summed E-state index contributed by atoms with van der Waals surface area (Å²) in [4.78, 5) is 12.2. The van der Waals surface area contributed by atoms with Gasteiger partial charge in [-0.05, 0) is 43.7 Å². The minimum absolute atomic E-state index is 0.0371. The van der Waals surface area contributed by atoms with Crippen LogP contribution >= 0.6 is 11.6 Å². The van der Waals surface area contributed by atoms with Crippen molar-refractivity contribution in [2.75, 3.05) is 6.54 Å². The molecule has 0 aromatic heterocycles. The molecule has 1 amide bonds. The summed E-state index contributed by atoms with van der Waals surface area (Å²) in [5.41, 5.74) is 1.91. The zero-order valence-corrected chi connectivity index (χ0v) is 15.7. The van der Waals surface area contributed by atoms with Gasteiger partial charge in [-0.2, -0.15) is 0 Å². The maximum Gasteiger partial charge on any atom is 0.240 e. The predicted octanol–water partition coefficient (Wildman–Crippen LogP) is 3.19. The van der Waals surface area contributed by atoms with Gasteiger partial charge >= 0.3 is 0 Å². The van der Waals surface area contributed by atoms with E-state index >= 15 is 0 Å². The lowest BCUT2D eigenvalue weighted by Gasteiger charge is -2.14. The van der Waals surface area contributed by atoms with E-state index in [1.165, 1.54) is 0 Å². The SMILES string of the molecule is Cc1ccc(S(=O)(=O)NCCC(=O)N[C@H](C)c2ccc(Cl)cc2)cc1. The molecule has 1 atom stereocenters. The first kappa shape index (κ1) is 19.4. The number of carbonyl (C=O) groups excluding carboxylic acids is 1. The van der Waals surface area contributed by atoms with Gasteiger partial charge < -0.3 is 5.32 Å². The Hall–Kier alpha value is -1.89. The zero-order chi connectivity index (χ0) is 18.4. The van der Waals surface area contributed by atoms with Gasteiger partial charge in [-0.3, -0.25) is 4.79 Å². The van der Waals surface area contributed by atoms with Crippen molar-refractivity contribution in [3.05, 3.63) is 64.7 Å². The number of benzene rings is 2. The Balaban J connectivity index is 1.83. The minimum Gasteiger partial charge on any atom is -0.350 e. The number of hydrogen-bond acceptors (Lipinski definition) is 3. The summed E-state index contributed by atoms with van der Waals surface area (Å²) in [7, 11) is -3.60. The van der Waals surface area contributed by atoms with Crippen LogP contribution in [-0.2, 0) is 14.8 Å². The molecule has 0 heterocycles. The molecule has 0 spiro atoms. The van der Waals surface area contributed by atoms with Gasteiger partial charge in [-0.1, -0.05) is 41.4 Å². The smallest absolute Gasteiger partial charge is 0.240 e. The highest BCUT2D eigenvalue weighted by Gasteiger charge is 2.15. The number of carbonyl (C=O) groups is 1. The average Bonchev–Trinajstić information content (AvgIpc) is 2.55. The van der Waals surface area contributed by atoms with Crippen molar-refractivity contribution >= 4 is 27.5 Å². The molecule has 5 nitrogen and oxygen atoms in total. The van der Waals surface area contributed by atoms with Gasteiger partial charge in [0.2, 0.25) is 15.9 Å². The van der Waals surface area contributed by atoms with Crippen LogP contribution in [0.1, 0.15) is 30.5 Å². The average molecular weight is 381 g/mol. The second-order valence-electron chi connectivity index (χ2n) is 5.80. The fourth-order valence-corrected chi connectivity index (χ4v) is 3.41. The Morgan fingerprint density at radius 2 is 1.68 bits per heavy atom. The van der Waals surface area contributed by atoms with E-state index in [4.69, 9.17) is 11.6 Å². The van der Waals surface area contributed by atoms with E-state index in [-0.39, 0.29) is 29.8 Å². The summed E-state index contributed by atoms with van der Waals surface area (Å²) >= 11 is 5.84. The molecule has 2 aromatic carbocycles. The first-order chi connectivity index (χ1) is 11.8. The molecule has 0 radical (unpaired) electrons. The van der Waals surface area contributed by atoms with Crippen molar-refractivity contribution in [1.29, 1.82) is 0 Å². The van der Waals surface area contributed by atoms with Crippen molar-refractivity contribution < 1.29 is 13.2 Å². The molecule has 2 N–H and O–H groups in total. The summed E-state index contributed by atoms with van der Waals surface area (Å²) in [6.45, 7) is 3.78. The molecule has 2 rings (SSSR count). The second-order valence-corrected chi connectivity index (χ2v) is 8.00. The zero-order valence-electron chi connectivity index (χ0n) is 14.1. The lowest BCUT2D eigenvalue weighted by atomic mass is 10.1. The van der Waals surface area contributed by atoms with Gasteiger partial charge in [0.15, 0.2) is 0 Å². The predicted molar refractivity (Wildman–Crippen MR) is 99.0 cm³/mol. The first-order valence-corrected chi connectivity index (χ1v) is 9.75. The second kappa shape index (κ2) is 8.47. The fourth-order valence-electron chi connectivity index (χ4n) is 2.25. The Morgan fingerprint density at radius 1 is 1.08 bits per heavy atom. The number of hydrogen-bond donors (Lipinski definition) is 2. The van der Waals surface area contributed by atoms with Crippen molar-refractivity contribution in [3.63, 3.8) is 0 Å². The summed E-state index contributed by atoms with van der Waals surface area (Å²) in [5.74, 6) is -0.228. The highest BCUT2D eigenvalue weighted by atomic mass is 35.5. The molecule has 134 valence electrons. The Kier molecular flexibility index (Phi) is 6.58. The van der Waals surface area contributed by atoms with Crippen LogP contribution < -0.4 is 10.0 Å². The molecular formula is C18H21ClN2O3S. The van der Waals surface area contributed by atoms with E-state index in [1.54, 1.807) is 36.4 Å². The molecule has 25 heavy (non-hydrogen) atoms. The third-order valence-electron chi connectivity index (χ3n) is 3.72. The van der Waals surface area contributed by atoms with Crippen molar-refractivity contribution in [3.8, 4) is 0 Å². The maximum atomic E-state index is 12.1. The van der Waals surface area contributed by atoms with E-state index in [0.29, 0.717) is 5.02 Å². The van der Waals surface area contributed by atoms with Gasteiger partial charge in [0.1, 0.15) is 0 Å². The fraction of sp³-hybridized carbons (Fsp3) is 0.278. The molecule has 0 saturated carbocycles. The molecule has 0 aliphatic carbocycles. The monoisotopic (exact) mass is 380 g/mol. The minimum atomic E-state index is -3.60. The maximum absolute atomic E-state index is 12.1. The summed E-state index contributed by atoms with van der Waals surface area (Å²) in [6, 6.07) is 13.6. The molecule has 0 aliphatic rings. The summed E-state index contributed by atoms with van der Waals surface area (Å²) in [5, 5.41) is 3.46. The number of sulfonamides is 1. The lowest BCUT2D eigenvalue weighted by molar-refractivity contribution is -0.121. The van der Waals surface area contributed by atoms with Gasteiger partial charge in [-0.15, -0.1) is 0 Å². The number of nitrogens with one attached hydrogen (secondary N) is 2. The van der Waals surface area contributed by atoms with Crippen LogP contribution in [0, 0.1) is 6.92 Å². The van der Waals surface area contributed by atoms with E-state index < -0.39 is 10.0 Å². The lowest BCUT2D eigenvalue weighted by Crippen LogP contribution is -2.32. The van der Waals surface area contributed by atoms with Crippen LogP contribution in [0.4, 0.5) is 0 Å². The van der Waals surface area contributed by atoms with E-state index in [0.717, 1.165) is 11.1 Å². The number of amides is 1. The third kappa shape index (κ3) is 5.85. The summed E-state index contributed by atoms with van der Waals surface area (Å²) < 4.78 is 26.7. The Morgan fingerprint density at radius 3 is 2.28 bits per heavy atom. The normalized spacial score (nSPS) is 12.6. The van der Waals surface area contributed by atoms with E-state index in [2.05, 4.69) is 10.0 Å². The topological polar surface area (TPSA) is 75.3 Å². The van der Waals surface area contributed by atoms with Gasteiger partial charge in [-0.25, -0.2) is 13.1 Å². The van der Waals surface area contributed by atoms with Gasteiger partial charge in [0.05, 0.1) is 10.9 Å². The molecule has 0 unspecified atom stereocenters. The highest BCUT2D eigenvalue weighted by Crippen LogP contribution is 2.16. The largest absolute Gasteiger partial charge is 0.350 e. The van der Waals surface area contributed by atoms with Crippen LogP contribution in [0.2, 0.25) is 5.02 Å². The highest BCUT2D eigenvalue weighted by molar-refractivity contribution is 7.89. The molecule has 2 aromatic rings. The number of aryl methyl sites for hydroxylation is 1. The molecular weight excluding hydrogens is 360 g/mol. The van der Waals surface area contributed by atoms with E-state index in [1.807, 2.05) is 26.0 Å². The van der Waals surface area contributed by atoms with E-state index in [9.17, 15) is 13.2 Å². The van der Waals surface area contributed by atoms with Crippen molar-refractivity contribution in [1.82, 2.24) is 10.0 Å². The summed E-state index contributed by atoms with van der Waals surface area (Å²) in [6.07, 6.45) is 0.0586. The molecule has 7 heteroatoms. The quantitative estimate of drug-likeness (QED) is 0.774. The molecule has 0 bridgehead atoms. The number of halogens is 1. The van der Waals surface area contributed by atoms with Crippen LogP contribution in [0.15, 0.2) is 53.4 Å². The van der Waals surface area contributed by atoms with Crippen LogP contribution in [0.25, 0.3) is 0 Å². The van der Waals surface area contributed by atoms with Crippen LogP contribution in [0.5, 0.6) is 0 Å². The van der Waals surface area contributed by atoms with Gasteiger partial charge in [0, 0.05) is 18.0 Å². The Labute approximate surface area is 153 Å². The standard InChI is InChI=1S/C18H21ClN2O3S/c1-13-3-9-17(10-4-13)25(23,24)20-12-11-18(22)21-14(2)15-5-7-16(19)8-6-15/h3-10,14,20H,11-12H2,1-2H3,(H,21,22)/t14-/m1/s1. The van der Waals surface area contributed by atoms with Crippen LogP contribution in [0.3, 0.4) is 0 Å². The van der Waals surface area contributed by atoms with Crippen molar-refractivity contribution in [2.24, 2.45) is 0 Å². The molecule has 0 aliphatic heterocycles. The number of rotatable bonds is 7. The third-order valence-corrected chi connectivity index (χ3v) is 5.45. The van der Waals surface area contributed by atoms with Gasteiger partial charge in [0.25, 0.3) is 0 Å². The Bertz CT molecular complexity index is 818. The molecule has 0 saturated heterocycles.